The quantitative estimate of drug-likeness (QED) is 0.871. The van der Waals surface area contributed by atoms with Crippen LogP contribution in [-0.2, 0) is 0 Å². The summed E-state index contributed by atoms with van der Waals surface area (Å²) < 4.78 is 0. The summed E-state index contributed by atoms with van der Waals surface area (Å²) in [5.74, 6) is 0.920. The van der Waals surface area contributed by atoms with E-state index in [1.165, 1.54) is 31.4 Å². The zero-order valence-corrected chi connectivity index (χ0v) is 12.4. The number of rotatable bonds is 5. The van der Waals surface area contributed by atoms with E-state index < -0.39 is 0 Å². The zero-order valence-electron chi connectivity index (χ0n) is 12.4. The fourth-order valence-corrected chi connectivity index (χ4v) is 3.11. The van der Waals surface area contributed by atoms with Gasteiger partial charge in [0.1, 0.15) is 0 Å². The number of aromatic nitrogens is 2. The van der Waals surface area contributed by atoms with Crippen molar-refractivity contribution in [3.05, 3.63) is 18.2 Å². The number of anilines is 2. The van der Waals surface area contributed by atoms with Crippen molar-refractivity contribution < 1.29 is 0 Å². The molecule has 0 amide bonds. The lowest BCUT2D eigenvalue weighted by Gasteiger charge is -2.20. The van der Waals surface area contributed by atoms with Gasteiger partial charge in [-0.25, -0.2) is 4.98 Å². The Hall–Kier alpha value is -1.71. The zero-order chi connectivity index (χ0) is 13.9. The number of nitrogens with zero attached hydrogens (tertiary/aromatic N) is 2. The van der Waals surface area contributed by atoms with E-state index in [1.807, 2.05) is 0 Å². The molecule has 108 valence electrons. The van der Waals surface area contributed by atoms with Crippen LogP contribution < -0.4 is 10.2 Å². The maximum absolute atomic E-state index is 4.64. The summed E-state index contributed by atoms with van der Waals surface area (Å²) in [5, 5.41) is 3.53. The number of nitrogens with one attached hydrogen (secondary N) is 2. The standard InChI is InChI=1S/C16H24N4/c1-3-20(4-2)13-9-10-14-15(11-13)19-16(18-14)17-12-7-5-6-8-12/h9-12H,3-8H2,1-2H3,(H2,17,18,19). The summed E-state index contributed by atoms with van der Waals surface area (Å²) in [4.78, 5) is 10.4. The molecule has 2 aromatic rings. The molecular weight excluding hydrogens is 248 g/mol. The van der Waals surface area contributed by atoms with Crippen molar-refractivity contribution in [1.29, 1.82) is 0 Å². The molecule has 0 aliphatic heterocycles. The second kappa shape index (κ2) is 5.73. The third-order valence-electron chi connectivity index (χ3n) is 4.29. The maximum Gasteiger partial charge on any atom is 0.201 e. The van der Waals surface area contributed by atoms with Crippen LogP contribution in [0, 0.1) is 0 Å². The Kier molecular flexibility index (Phi) is 3.81. The lowest BCUT2D eigenvalue weighted by Crippen LogP contribution is -2.21. The second-order valence-corrected chi connectivity index (χ2v) is 5.58. The summed E-state index contributed by atoms with van der Waals surface area (Å²) in [6.45, 7) is 6.44. The number of H-pyrrole nitrogens is 1. The van der Waals surface area contributed by atoms with Crippen LogP contribution >= 0.6 is 0 Å². The van der Waals surface area contributed by atoms with E-state index in [0.717, 1.165) is 30.1 Å². The van der Waals surface area contributed by atoms with E-state index in [1.54, 1.807) is 0 Å². The van der Waals surface area contributed by atoms with Gasteiger partial charge in [-0.2, -0.15) is 0 Å². The van der Waals surface area contributed by atoms with Gasteiger partial charge >= 0.3 is 0 Å². The molecule has 0 atom stereocenters. The fraction of sp³-hybridized carbons (Fsp3) is 0.562. The first-order valence-corrected chi connectivity index (χ1v) is 7.81. The predicted molar refractivity (Wildman–Crippen MR) is 85.5 cm³/mol. The van der Waals surface area contributed by atoms with E-state index in [0.29, 0.717) is 6.04 Å². The van der Waals surface area contributed by atoms with Gasteiger partial charge in [0.15, 0.2) is 0 Å². The Balaban J connectivity index is 1.83. The van der Waals surface area contributed by atoms with E-state index in [9.17, 15) is 0 Å². The molecule has 0 unspecified atom stereocenters. The van der Waals surface area contributed by atoms with Gasteiger partial charge < -0.3 is 15.2 Å². The normalized spacial score (nSPS) is 15.9. The molecule has 1 saturated carbocycles. The molecule has 4 nitrogen and oxygen atoms in total. The third-order valence-corrected chi connectivity index (χ3v) is 4.29. The molecule has 1 aromatic heterocycles. The van der Waals surface area contributed by atoms with Crippen molar-refractivity contribution in [2.24, 2.45) is 0 Å². The van der Waals surface area contributed by atoms with Crippen molar-refractivity contribution in [2.75, 3.05) is 23.3 Å². The second-order valence-electron chi connectivity index (χ2n) is 5.58. The molecule has 0 spiro atoms. The molecule has 0 bridgehead atoms. The van der Waals surface area contributed by atoms with Gasteiger partial charge in [-0.3, -0.25) is 0 Å². The third kappa shape index (κ3) is 2.60. The van der Waals surface area contributed by atoms with E-state index in [-0.39, 0.29) is 0 Å². The molecule has 1 heterocycles. The van der Waals surface area contributed by atoms with Crippen LogP contribution in [-0.4, -0.2) is 29.1 Å². The van der Waals surface area contributed by atoms with Crippen LogP contribution in [0.1, 0.15) is 39.5 Å². The minimum atomic E-state index is 0.595. The van der Waals surface area contributed by atoms with E-state index in [2.05, 4.69) is 52.2 Å². The van der Waals surface area contributed by atoms with Crippen molar-refractivity contribution in [3.8, 4) is 0 Å². The van der Waals surface area contributed by atoms with Gasteiger partial charge in [0.2, 0.25) is 5.95 Å². The Morgan fingerprint density at radius 1 is 1.25 bits per heavy atom. The van der Waals surface area contributed by atoms with Crippen LogP contribution in [0.2, 0.25) is 0 Å². The largest absolute Gasteiger partial charge is 0.372 e. The first kappa shape index (κ1) is 13.3. The number of imidazole rings is 1. The number of hydrogen-bond acceptors (Lipinski definition) is 3. The summed E-state index contributed by atoms with van der Waals surface area (Å²) in [6.07, 6.45) is 5.21. The molecule has 1 fully saturated rings. The first-order chi connectivity index (χ1) is 9.80. The Bertz CT molecular complexity index is 565. The Labute approximate surface area is 120 Å². The van der Waals surface area contributed by atoms with Gasteiger partial charge in [-0.05, 0) is 44.9 Å². The molecule has 4 heteroatoms. The minimum Gasteiger partial charge on any atom is -0.372 e. The molecule has 3 rings (SSSR count). The van der Waals surface area contributed by atoms with Crippen LogP contribution in [0.3, 0.4) is 0 Å². The van der Waals surface area contributed by atoms with E-state index >= 15 is 0 Å². The summed E-state index contributed by atoms with van der Waals surface area (Å²) in [7, 11) is 0. The van der Waals surface area contributed by atoms with Crippen molar-refractivity contribution in [3.63, 3.8) is 0 Å². The van der Waals surface area contributed by atoms with Crippen LogP contribution in [0.25, 0.3) is 11.0 Å². The highest BCUT2D eigenvalue weighted by molar-refractivity contribution is 5.81. The first-order valence-electron chi connectivity index (χ1n) is 7.81. The molecule has 0 saturated heterocycles. The molecule has 20 heavy (non-hydrogen) atoms. The average molecular weight is 272 g/mol. The monoisotopic (exact) mass is 272 g/mol. The molecule has 0 radical (unpaired) electrons. The molecule has 1 aliphatic rings. The molecule has 1 aliphatic carbocycles. The highest BCUT2D eigenvalue weighted by Crippen LogP contribution is 2.25. The van der Waals surface area contributed by atoms with Gasteiger partial charge in [0, 0.05) is 24.8 Å². The minimum absolute atomic E-state index is 0.595. The van der Waals surface area contributed by atoms with Crippen LogP contribution in [0.5, 0.6) is 0 Å². The van der Waals surface area contributed by atoms with Gasteiger partial charge in [0.25, 0.3) is 0 Å². The number of hydrogen-bond donors (Lipinski definition) is 2. The number of benzene rings is 1. The number of aromatic amines is 1. The summed E-state index contributed by atoms with van der Waals surface area (Å²) >= 11 is 0. The summed E-state index contributed by atoms with van der Waals surface area (Å²) in [6, 6.07) is 7.07. The van der Waals surface area contributed by atoms with Gasteiger partial charge in [-0.15, -0.1) is 0 Å². The van der Waals surface area contributed by atoms with E-state index in [4.69, 9.17) is 0 Å². The Morgan fingerprint density at radius 2 is 2.00 bits per heavy atom. The van der Waals surface area contributed by atoms with Gasteiger partial charge in [0.05, 0.1) is 11.0 Å². The average Bonchev–Trinajstić information content (AvgIpc) is 3.09. The Morgan fingerprint density at radius 3 is 2.70 bits per heavy atom. The highest BCUT2D eigenvalue weighted by atomic mass is 15.1. The topological polar surface area (TPSA) is 44.0 Å². The maximum atomic E-state index is 4.64. The molecule has 2 N–H and O–H groups in total. The number of fused-ring (bicyclic) bond motifs is 1. The van der Waals surface area contributed by atoms with Crippen molar-refractivity contribution in [2.45, 2.75) is 45.6 Å². The lowest BCUT2D eigenvalue weighted by atomic mass is 10.2. The molecular formula is C16H24N4. The van der Waals surface area contributed by atoms with Gasteiger partial charge in [-0.1, -0.05) is 12.8 Å². The SMILES string of the molecule is CCN(CC)c1ccc2nc(NC3CCCC3)[nH]c2c1. The smallest absolute Gasteiger partial charge is 0.201 e. The van der Waals surface area contributed by atoms with Crippen molar-refractivity contribution in [1.82, 2.24) is 9.97 Å². The van der Waals surface area contributed by atoms with Crippen molar-refractivity contribution >= 4 is 22.7 Å². The summed E-state index contributed by atoms with van der Waals surface area (Å²) in [5.41, 5.74) is 3.43. The molecule has 1 aromatic carbocycles. The fourth-order valence-electron chi connectivity index (χ4n) is 3.11. The van der Waals surface area contributed by atoms with Crippen LogP contribution in [0.4, 0.5) is 11.6 Å². The lowest BCUT2D eigenvalue weighted by molar-refractivity contribution is 0.747. The highest BCUT2D eigenvalue weighted by Gasteiger charge is 2.16. The van der Waals surface area contributed by atoms with Crippen LogP contribution in [0.15, 0.2) is 18.2 Å². The predicted octanol–water partition coefficient (Wildman–Crippen LogP) is 3.76.